The van der Waals surface area contributed by atoms with Crippen molar-refractivity contribution >= 4 is 29.1 Å². The summed E-state index contributed by atoms with van der Waals surface area (Å²) in [4.78, 5) is 21.2. The van der Waals surface area contributed by atoms with Crippen molar-refractivity contribution < 1.29 is 33.3 Å². The molecule has 0 fully saturated rings. The Hall–Kier alpha value is -2.73. The lowest BCUT2D eigenvalue weighted by Crippen LogP contribution is -2.25. The highest BCUT2D eigenvalue weighted by Crippen LogP contribution is 2.31. The molecule has 33 heavy (non-hydrogen) atoms. The van der Waals surface area contributed by atoms with Gasteiger partial charge < -0.3 is 24.8 Å². The third-order valence-corrected chi connectivity index (χ3v) is 5.29. The molecule has 1 heterocycles. The molecule has 180 valence electrons. The molecule has 0 aliphatic carbocycles. The SMILES string of the molecule is CC(C)c1nc(N(C)CS(=O)O)nc(-c2ccc(F)cc2)c1/C=C/[C@@H](O)C[C@@H](O)CC(=O)O. The van der Waals surface area contributed by atoms with Gasteiger partial charge in [-0.15, -0.1) is 0 Å². The third kappa shape index (κ3) is 7.97. The van der Waals surface area contributed by atoms with Crippen molar-refractivity contribution in [2.24, 2.45) is 0 Å². The molecule has 1 aromatic heterocycles. The molecule has 0 aliphatic rings. The van der Waals surface area contributed by atoms with E-state index in [-0.39, 0.29) is 24.2 Å². The number of hydrogen-bond acceptors (Lipinski definition) is 7. The van der Waals surface area contributed by atoms with Gasteiger partial charge in [0, 0.05) is 24.6 Å². The molecule has 4 N–H and O–H groups in total. The molecule has 9 nitrogen and oxygen atoms in total. The first-order valence-electron chi connectivity index (χ1n) is 10.2. The minimum absolute atomic E-state index is 0.103. The fourth-order valence-corrected chi connectivity index (χ4v) is 3.60. The van der Waals surface area contributed by atoms with Crippen LogP contribution in [-0.2, 0) is 15.9 Å². The van der Waals surface area contributed by atoms with E-state index in [1.54, 1.807) is 25.3 Å². The molecular weight excluding hydrogens is 453 g/mol. The van der Waals surface area contributed by atoms with Gasteiger partial charge in [-0.1, -0.05) is 26.0 Å². The molecular formula is C22H28FN3O6S. The number of aliphatic carboxylic acids is 1. The summed E-state index contributed by atoms with van der Waals surface area (Å²) in [5.41, 5.74) is 2.13. The fourth-order valence-electron chi connectivity index (χ4n) is 3.15. The predicted molar refractivity (Wildman–Crippen MR) is 123 cm³/mol. The van der Waals surface area contributed by atoms with E-state index in [0.717, 1.165) is 0 Å². The van der Waals surface area contributed by atoms with Crippen LogP contribution in [0.2, 0.25) is 0 Å². The maximum atomic E-state index is 13.5. The van der Waals surface area contributed by atoms with E-state index in [4.69, 9.17) is 5.11 Å². The van der Waals surface area contributed by atoms with Gasteiger partial charge in [-0.2, -0.15) is 0 Å². The molecule has 0 saturated carbocycles. The van der Waals surface area contributed by atoms with E-state index in [2.05, 4.69) is 9.97 Å². The van der Waals surface area contributed by atoms with Crippen molar-refractivity contribution in [1.29, 1.82) is 0 Å². The van der Waals surface area contributed by atoms with Crippen molar-refractivity contribution in [2.75, 3.05) is 17.8 Å². The van der Waals surface area contributed by atoms with E-state index in [1.165, 1.54) is 23.1 Å². The number of aromatic nitrogens is 2. The standard InChI is InChI=1S/C22H28FN3O6S/c1-13(2)20-18(9-8-16(27)10-17(28)11-19(29)30)21(14-4-6-15(23)7-5-14)25-22(24-20)26(3)12-33(31)32/h4-9,13,16-17,27-28H,10-12H2,1-3H3,(H,29,30)(H,31,32)/b9-8+/t16-,17-/m1/s1. The van der Waals surface area contributed by atoms with E-state index < -0.39 is 41.5 Å². The van der Waals surface area contributed by atoms with Gasteiger partial charge in [0.15, 0.2) is 11.1 Å². The topological polar surface area (TPSA) is 144 Å². The minimum atomic E-state index is -2.11. The zero-order chi connectivity index (χ0) is 24.7. The van der Waals surface area contributed by atoms with Gasteiger partial charge in [0.2, 0.25) is 5.95 Å². The predicted octanol–water partition coefficient (Wildman–Crippen LogP) is 2.62. The molecule has 11 heteroatoms. The molecule has 1 aromatic carbocycles. The van der Waals surface area contributed by atoms with Crippen molar-refractivity contribution in [2.45, 2.75) is 44.8 Å². The van der Waals surface area contributed by atoms with E-state index >= 15 is 0 Å². The van der Waals surface area contributed by atoms with E-state index in [1.807, 2.05) is 13.8 Å². The number of nitrogens with zero attached hydrogens (tertiary/aromatic N) is 3. The molecule has 2 aromatic rings. The van der Waals surface area contributed by atoms with Crippen LogP contribution in [0.15, 0.2) is 30.3 Å². The Kier molecular flexibility index (Phi) is 9.59. The lowest BCUT2D eigenvalue weighted by atomic mass is 9.97. The maximum Gasteiger partial charge on any atom is 0.305 e. The number of benzene rings is 1. The Morgan fingerprint density at radius 1 is 1.21 bits per heavy atom. The Labute approximate surface area is 193 Å². The number of halogens is 1. The zero-order valence-electron chi connectivity index (χ0n) is 18.6. The number of carboxylic acid groups (broad SMARTS) is 1. The second kappa shape index (κ2) is 11.9. The van der Waals surface area contributed by atoms with Gasteiger partial charge in [0.05, 0.1) is 30.0 Å². The minimum Gasteiger partial charge on any atom is -0.481 e. The summed E-state index contributed by atoms with van der Waals surface area (Å²) in [6.07, 6.45) is -0.00110. The van der Waals surface area contributed by atoms with Crippen LogP contribution in [0.4, 0.5) is 10.3 Å². The average Bonchev–Trinajstić information content (AvgIpc) is 2.71. The van der Waals surface area contributed by atoms with Gasteiger partial charge in [-0.25, -0.2) is 18.6 Å². The number of carbonyl (C=O) groups is 1. The van der Waals surface area contributed by atoms with Crippen LogP contribution in [0.5, 0.6) is 0 Å². The normalized spacial score (nSPS) is 14.4. The summed E-state index contributed by atoms with van der Waals surface area (Å²) in [5.74, 6) is -1.71. The molecule has 0 amide bonds. The van der Waals surface area contributed by atoms with Gasteiger partial charge in [-0.3, -0.25) is 4.79 Å². The fraction of sp³-hybridized carbons (Fsp3) is 0.409. The summed E-state index contributed by atoms with van der Waals surface area (Å²) >= 11 is -2.11. The van der Waals surface area contributed by atoms with Gasteiger partial charge >= 0.3 is 5.97 Å². The summed E-state index contributed by atoms with van der Waals surface area (Å²) in [6, 6.07) is 5.65. The second-order valence-corrected chi connectivity index (χ2v) is 8.80. The van der Waals surface area contributed by atoms with Crippen LogP contribution in [0.3, 0.4) is 0 Å². The van der Waals surface area contributed by atoms with Crippen molar-refractivity contribution in [3.05, 3.63) is 47.4 Å². The molecule has 0 spiro atoms. The molecule has 2 rings (SSSR count). The lowest BCUT2D eigenvalue weighted by Gasteiger charge is -2.21. The quantitative estimate of drug-likeness (QED) is 0.356. The Morgan fingerprint density at radius 3 is 2.39 bits per heavy atom. The van der Waals surface area contributed by atoms with Crippen LogP contribution >= 0.6 is 0 Å². The van der Waals surface area contributed by atoms with Crippen LogP contribution < -0.4 is 4.90 Å². The summed E-state index contributed by atoms with van der Waals surface area (Å²) in [6.45, 7) is 3.80. The van der Waals surface area contributed by atoms with Crippen LogP contribution in [0.25, 0.3) is 17.3 Å². The number of aliphatic hydroxyl groups excluding tert-OH is 2. The highest BCUT2D eigenvalue weighted by Gasteiger charge is 2.20. The molecule has 3 atom stereocenters. The van der Waals surface area contributed by atoms with Gasteiger partial charge in [-0.05, 0) is 30.2 Å². The first-order valence-corrected chi connectivity index (χ1v) is 11.5. The summed E-state index contributed by atoms with van der Waals surface area (Å²) in [5, 5.41) is 28.8. The third-order valence-electron chi connectivity index (χ3n) is 4.68. The highest BCUT2D eigenvalue weighted by atomic mass is 32.2. The van der Waals surface area contributed by atoms with Crippen molar-refractivity contribution in [1.82, 2.24) is 9.97 Å². The summed E-state index contributed by atoms with van der Waals surface area (Å²) < 4.78 is 34.0. The molecule has 0 saturated heterocycles. The smallest absolute Gasteiger partial charge is 0.305 e. The molecule has 0 radical (unpaired) electrons. The van der Waals surface area contributed by atoms with Crippen molar-refractivity contribution in [3.63, 3.8) is 0 Å². The number of hydrogen-bond donors (Lipinski definition) is 4. The van der Waals surface area contributed by atoms with Gasteiger partial charge in [0.25, 0.3) is 0 Å². The number of rotatable bonds is 11. The molecule has 0 bridgehead atoms. The Morgan fingerprint density at radius 2 is 1.85 bits per heavy atom. The Bertz CT molecular complexity index is 1020. The largest absolute Gasteiger partial charge is 0.481 e. The molecule has 0 aliphatic heterocycles. The maximum absolute atomic E-state index is 13.5. The lowest BCUT2D eigenvalue weighted by molar-refractivity contribution is -0.139. The Balaban J connectivity index is 2.55. The number of anilines is 1. The van der Waals surface area contributed by atoms with Crippen LogP contribution in [-0.4, -0.2) is 65.2 Å². The first kappa shape index (κ1) is 26.5. The highest BCUT2D eigenvalue weighted by molar-refractivity contribution is 7.79. The number of aliphatic hydroxyl groups is 2. The van der Waals surface area contributed by atoms with Crippen LogP contribution in [0, 0.1) is 5.82 Å². The van der Waals surface area contributed by atoms with Crippen LogP contribution in [0.1, 0.15) is 43.9 Å². The van der Waals surface area contributed by atoms with Crippen molar-refractivity contribution in [3.8, 4) is 11.3 Å². The summed E-state index contributed by atoms with van der Waals surface area (Å²) in [7, 11) is 1.57. The first-order chi connectivity index (χ1) is 15.5. The van der Waals surface area contributed by atoms with Gasteiger partial charge in [0.1, 0.15) is 11.7 Å². The average molecular weight is 482 g/mol. The number of carboxylic acids is 1. The van der Waals surface area contributed by atoms with E-state index in [9.17, 15) is 28.2 Å². The molecule has 1 unspecified atom stereocenters. The van der Waals surface area contributed by atoms with E-state index in [0.29, 0.717) is 22.5 Å². The second-order valence-electron chi connectivity index (χ2n) is 7.90. The monoisotopic (exact) mass is 481 g/mol. The zero-order valence-corrected chi connectivity index (χ0v) is 19.4.